The van der Waals surface area contributed by atoms with E-state index in [0.717, 1.165) is 25.0 Å². The van der Waals surface area contributed by atoms with Crippen molar-refractivity contribution >= 4 is 0 Å². The molecule has 2 unspecified atom stereocenters. The predicted molar refractivity (Wildman–Crippen MR) is 86.8 cm³/mol. The van der Waals surface area contributed by atoms with Crippen LogP contribution < -0.4 is 10.1 Å². The van der Waals surface area contributed by atoms with Crippen molar-refractivity contribution in [2.45, 2.75) is 38.3 Å². The number of ether oxygens (including phenoxy) is 1. The highest BCUT2D eigenvalue weighted by atomic mass is 16.5. The van der Waals surface area contributed by atoms with Crippen molar-refractivity contribution in [2.24, 2.45) is 0 Å². The summed E-state index contributed by atoms with van der Waals surface area (Å²) in [6.45, 7) is 2.27. The Labute approximate surface area is 127 Å². The minimum absolute atomic E-state index is 0.416. The Morgan fingerprint density at radius 1 is 1.14 bits per heavy atom. The molecule has 0 spiro atoms. The standard InChI is InChI=1S/C19H23NO/c1-14-12-16-9-10-17(21-2)13-18(16)19(20-14)11-8-15-6-4-3-5-7-15/h3-7,9-10,13-14,19-20H,8,11-12H2,1-2H3. The van der Waals surface area contributed by atoms with E-state index in [-0.39, 0.29) is 0 Å². The second-order valence-corrected chi connectivity index (χ2v) is 5.91. The second kappa shape index (κ2) is 6.31. The molecule has 110 valence electrons. The fraction of sp³-hybridized carbons (Fsp3) is 0.368. The Kier molecular flexibility index (Phi) is 4.26. The summed E-state index contributed by atoms with van der Waals surface area (Å²) in [6, 6.07) is 18.2. The molecule has 0 saturated heterocycles. The number of rotatable bonds is 4. The number of hydrogen-bond acceptors (Lipinski definition) is 2. The Bertz CT molecular complexity index is 594. The van der Waals surface area contributed by atoms with E-state index >= 15 is 0 Å². The van der Waals surface area contributed by atoms with E-state index in [0.29, 0.717) is 12.1 Å². The maximum atomic E-state index is 5.39. The molecule has 2 aromatic rings. The zero-order chi connectivity index (χ0) is 14.7. The molecule has 2 atom stereocenters. The van der Waals surface area contributed by atoms with E-state index in [1.807, 2.05) is 0 Å². The van der Waals surface area contributed by atoms with Crippen molar-refractivity contribution in [3.63, 3.8) is 0 Å². The van der Waals surface area contributed by atoms with Crippen LogP contribution in [0.2, 0.25) is 0 Å². The monoisotopic (exact) mass is 281 g/mol. The highest BCUT2D eigenvalue weighted by Gasteiger charge is 2.24. The Hall–Kier alpha value is -1.80. The van der Waals surface area contributed by atoms with Crippen LogP contribution in [0.5, 0.6) is 5.75 Å². The van der Waals surface area contributed by atoms with E-state index in [1.54, 1.807) is 7.11 Å². The lowest BCUT2D eigenvalue weighted by molar-refractivity contribution is 0.392. The maximum absolute atomic E-state index is 5.39. The first-order valence-corrected chi connectivity index (χ1v) is 7.73. The van der Waals surface area contributed by atoms with E-state index in [9.17, 15) is 0 Å². The van der Waals surface area contributed by atoms with Gasteiger partial charge in [0, 0.05) is 12.1 Å². The normalized spacial score (nSPS) is 20.9. The van der Waals surface area contributed by atoms with Gasteiger partial charge in [0.25, 0.3) is 0 Å². The van der Waals surface area contributed by atoms with Gasteiger partial charge in [-0.05, 0) is 55.0 Å². The van der Waals surface area contributed by atoms with Crippen LogP contribution in [0.3, 0.4) is 0 Å². The number of methoxy groups -OCH3 is 1. The number of aryl methyl sites for hydroxylation is 1. The Morgan fingerprint density at radius 2 is 1.95 bits per heavy atom. The van der Waals surface area contributed by atoms with Crippen LogP contribution in [0, 0.1) is 0 Å². The molecule has 0 saturated carbocycles. The Morgan fingerprint density at radius 3 is 2.71 bits per heavy atom. The molecule has 0 amide bonds. The van der Waals surface area contributed by atoms with Gasteiger partial charge in [0.15, 0.2) is 0 Å². The van der Waals surface area contributed by atoms with Crippen molar-refractivity contribution in [3.05, 3.63) is 65.2 Å². The lowest BCUT2D eigenvalue weighted by Gasteiger charge is -2.32. The number of benzene rings is 2. The molecule has 0 radical (unpaired) electrons. The van der Waals surface area contributed by atoms with Gasteiger partial charge in [-0.1, -0.05) is 36.4 Å². The third-order valence-electron chi connectivity index (χ3n) is 4.30. The van der Waals surface area contributed by atoms with Crippen LogP contribution in [0.25, 0.3) is 0 Å². The number of hydrogen-bond donors (Lipinski definition) is 1. The first-order chi connectivity index (χ1) is 10.3. The van der Waals surface area contributed by atoms with E-state index in [2.05, 4.69) is 60.8 Å². The molecule has 1 N–H and O–H groups in total. The molecule has 2 heteroatoms. The van der Waals surface area contributed by atoms with Gasteiger partial charge in [0.1, 0.15) is 5.75 Å². The van der Waals surface area contributed by atoms with Crippen molar-refractivity contribution in [1.82, 2.24) is 5.32 Å². The average Bonchev–Trinajstić information content (AvgIpc) is 2.53. The summed E-state index contributed by atoms with van der Waals surface area (Å²) < 4.78 is 5.39. The van der Waals surface area contributed by atoms with E-state index < -0.39 is 0 Å². The van der Waals surface area contributed by atoms with Gasteiger partial charge >= 0.3 is 0 Å². The molecular weight excluding hydrogens is 258 g/mol. The van der Waals surface area contributed by atoms with Gasteiger partial charge < -0.3 is 10.1 Å². The van der Waals surface area contributed by atoms with Gasteiger partial charge in [-0.15, -0.1) is 0 Å². The summed E-state index contributed by atoms with van der Waals surface area (Å²) in [7, 11) is 1.74. The fourth-order valence-electron chi connectivity index (χ4n) is 3.23. The molecule has 21 heavy (non-hydrogen) atoms. The van der Waals surface area contributed by atoms with Gasteiger partial charge in [0.2, 0.25) is 0 Å². The Balaban J connectivity index is 1.79. The molecule has 0 bridgehead atoms. The van der Waals surface area contributed by atoms with Crippen LogP contribution in [-0.2, 0) is 12.8 Å². The van der Waals surface area contributed by atoms with Crippen molar-refractivity contribution in [1.29, 1.82) is 0 Å². The van der Waals surface area contributed by atoms with Crippen LogP contribution in [-0.4, -0.2) is 13.2 Å². The van der Waals surface area contributed by atoms with Crippen molar-refractivity contribution < 1.29 is 4.74 Å². The maximum Gasteiger partial charge on any atom is 0.119 e. The van der Waals surface area contributed by atoms with Crippen molar-refractivity contribution in [3.8, 4) is 5.75 Å². The van der Waals surface area contributed by atoms with Crippen molar-refractivity contribution in [2.75, 3.05) is 7.11 Å². The molecule has 1 aliphatic rings. The molecule has 0 aromatic heterocycles. The van der Waals surface area contributed by atoms with Crippen LogP contribution >= 0.6 is 0 Å². The lowest BCUT2D eigenvalue weighted by atomic mass is 9.87. The SMILES string of the molecule is COc1ccc2c(c1)C(CCc1ccccc1)NC(C)C2. The molecule has 2 nitrogen and oxygen atoms in total. The third-order valence-corrected chi connectivity index (χ3v) is 4.30. The third kappa shape index (κ3) is 3.27. The van der Waals surface area contributed by atoms with E-state index in [1.165, 1.54) is 16.7 Å². The van der Waals surface area contributed by atoms with Gasteiger partial charge in [0.05, 0.1) is 7.11 Å². The molecule has 1 aliphatic heterocycles. The second-order valence-electron chi connectivity index (χ2n) is 5.91. The zero-order valence-corrected chi connectivity index (χ0v) is 12.8. The number of fused-ring (bicyclic) bond motifs is 1. The first-order valence-electron chi connectivity index (χ1n) is 7.73. The van der Waals surface area contributed by atoms with Gasteiger partial charge in [-0.25, -0.2) is 0 Å². The average molecular weight is 281 g/mol. The summed E-state index contributed by atoms with van der Waals surface area (Å²) >= 11 is 0. The molecule has 2 aromatic carbocycles. The van der Waals surface area contributed by atoms with Crippen LogP contribution in [0.4, 0.5) is 0 Å². The smallest absolute Gasteiger partial charge is 0.119 e. The minimum Gasteiger partial charge on any atom is -0.497 e. The highest BCUT2D eigenvalue weighted by molar-refractivity contribution is 5.40. The minimum atomic E-state index is 0.416. The van der Waals surface area contributed by atoms with E-state index in [4.69, 9.17) is 4.74 Å². The van der Waals surface area contributed by atoms with Gasteiger partial charge in [-0.3, -0.25) is 0 Å². The van der Waals surface area contributed by atoms with Crippen LogP contribution in [0.15, 0.2) is 48.5 Å². The molecular formula is C19H23NO. The lowest BCUT2D eigenvalue weighted by Crippen LogP contribution is -2.37. The summed E-state index contributed by atoms with van der Waals surface area (Å²) in [6.07, 6.45) is 3.32. The topological polar surface area (TPSA) is 21.3 Å². The zero-order valence-electron chi connectivity index (χ0n) is 12.8. The summed E-state index contributed by atoms with van der Waals surface area (Å²) in [5.41, 5.74) is 4.27. The predicted octanol–water partition coefficient (Wildman–Crippen LogP) is 3.90. The molecule has 1 heterocycles. The van der Waals surface area contributed by atoms with Gasteiger partial charge in [-0.2, -0.15) is 0 Å². The largest absolute Gasteiger partial charge is 0.497 e. The number of nitrogens with one attached hydrogen (secondary N) is 1. The first kappa shape index (κ1) is 14.2. The van der Waals surface area contributed by atoms with Crippen LogP contribution in [0.1, 0.15) is 36.1 Å². The molecule has 0 fully saturated rings. The molecule has 0 aliphatic carbocycles. The molecule has 3 rings (SSSR count). The summed E-state index contributed by atoms with van der Waals surface area (Å²) in [5, 5.41) is 3.74. The summed E-state index contributed by atoms with van der Waals surface area (Å²) in [5.74, 6) is 0.954. The quantitative estimate of drug-likeness (QED) is 0.917. The fourth-order valence-corrected chi connectivity index (χ4v) is 3.23. The summed E-state index contributed by atoms with van der Waals surface area (Å²) in [4.78, 5) is 0. The highest BCUT2D eigenvalue weighted by Crippen LogP contribution is 2.31.